The molecule has 0 unspecified atom stereocenters. The molecule has 4 rings (SSSR count). The summed E-state index contributed by atoms with van der Waals surface area (Å²) in [5.41, 5.74) is -0.266. The van der Waals surface area contributed by atoms with Crippen LogP contribution in [0.15, 0.2) is 36.8 Å². The number of halogens is 8. The first-order valence-corrected chi connectivity index (χ1v) is 10.3. The summed E-state index contributed by atoms with van der Waals surface area (Å²) in [4.78, 5) is 26.4. The fourth-order valence-electron chi connectivity index (χ4n) is 3.81. The van der Waals surface area contributed by atoms with Crippen molar-refractivity contribution in [2.45, 2.75) is 31.2 Å². The first-order valence-electron chi connectivity index (χ1n) is 10.3. The minimum Gasteiger partial charge on any atom is -0.342 e. The Bertz CT molecular complexity index is 1290. The number of carbonyl (C=O) groups is 1. The molecule has 1 aromatic carbocycles. The third kappa shape index (κ3) is 5.09. The molecule has 15 heteroatoms. The van der Waals surface area contributed by atoms with Gasteiger partial charge in [-0.3, -0.25) is 9.36 Å². The van der Waals surface area contributed by atoms with Crippen molar-refractivity contribution in [3.05, 3.63) is 48.4 Å². The highest BCUT2D eigenvalue weighted by atomic mass is 19.4. The molecule has 3 aromatic rings. The highest BCUT2D eigenvalue weighted by Gasteiger charge is 2.45. The SMILES string of the molecule is CN1C(=O)[C@@H](CC(F)(F)F)N(CCC(F)(F)F)c2nc(-n3ccnc3-c3ccc(F)cc3F)ncc21. The van der Waals surface area contributed by atoms with E-state index >= 15 is 0 Å². The van der Waals surface area contributed by atoms with Crippen molar-refractivity contribution in [2.24, 2.45) is 0 Å². The number of likely N-dealkylation sites (N-methyl/N-ethyl adjacent to an activating group) is 1. The summed E-state index contributed by atoms with van der Waals surface area (Å²) in [7, 11) is 1.16. The van der Waals surface area contributed by atoms with Crippen molar-refractivity contribution < 1.29 is 39.9 Å². The Kier molecular flexibility index (Phi) is 6.34. The number of benzene rings is 1. The summed E-state index contributed by atoms with van der Waals surface area (Å²) >= 11 is 0. The van der Waals surface area contributed by atoms with Crippen LogP contribution in [0.5, 0.6) is 0 Å². The summed E-state index contributed by atoms with van der Waals surface area (Å²) < 4.78 is 108. The lowest BCUT2D eigenvalue weighted by molar-refractivity contribution is -0.148. The zero-order valence-corrected chi connectivity index (χ0v) is 18.3. The molecule has 2 aromatic heterocycles. The molecule has 0 saturated heterocycles. The maximum Gasteiger partial charge on any atom is 0.391 e. The highest BCUT2D eigenvalue weighted by Crippen LogP contribution is 2.38. The van der Waals surface area contributed by atoms with Gasteiger partial charge in [-0.25, -0.2) is 18.7 Å². The predicted molar refractivity (Wildman–Crippen MR) is 110 cm³/mol. The first-order chi connectivity index (χ1) is 16.7. The van der Waals surface area contributed by atoms with Gasteiger partial charge < -0.3 is 9.80 Å². The predicted octanol–water partition coefficient (Wildman–Crippen LogP) is 4.66. The van der Waals surface area contributed by atoms with Gasteiger partial charge in [-0.05, 0) is 12.1 Å². The number of anilines is 2. The molecule has 1 aliphatic heterocycles. The van der Waals surface area contributed by atoms with E-state index in [1.54, 1.807) is 0 Å². The largest absolute Gasteiger partial charge is 0.391 e. The molecule has 7 nitrogen and oxygen atoms in total. The van der Waals surface area contributed by atoms with Crippen LogP contribution >= 0.6 is 0 Å². The average Bonchev–Trinajstić information content (AvgIpc) is 3.24. The van der Waals surface area contributed by atoms with Crippen LogP contribution in [0.25, 0.3) is 17.3 Å². The maximum atomic E-state index is 14.4. The molecular weight excluding hydrogens is 504 g/mol. The molecular formula is C21H16F8N6O. The van der Waals surface area contributed by atoms with Crippen molar-refractivity contribution >= 4 is 17.4 Å². The Balaban J connectivity index is 1.82. The van der Waals surface area contributed by atoms with Crippen molar-refractivity contribution in [2.75, 3.05) is 23.4 Å². The Morgan fingerprint density at radius 2 is 1.75 bits per heavy atom. The minimum atomic E-state index is -4.86. The number of carbonyl (C=O) groups excluding carboxylic acids is 1. The van der Waals surface area contributed by atoms with Crippen molar-refractivity contribution in [1.29, 1.82) is 0 Å². The van der Waals surface area contributed by atoms with Gasteiger partial charge in [0.25, 0.3) is 0 Å². The summed E-state index contributed by atoms with van der Waals surface area (Å²) in [5, 5.41) is 0. The van der Waals surface area contributed by atoms with Crippen LogP contribution in [-0.2, 0) is 4.79 Å². The second-order valence-electron chi connectivity index (χ2n) is 7.91. The Hall–Kier alpha value is -3.78. The highest BCUT2D eigenvalue weighted by molar-refractivity contribution is 6.04. The third-order valence-corrected chi connectivity index (χ3v) is 5.45. The quantitative estimate of drug-likeness (QED) is 0.458. The van der Waals surface area contributed by atoms with Gasteiger partial charge in [-0.1, -0.05) is 0 Å². The minimum absolute atomic E-state index is 0.0960. The Labute approximate surface area is 198 Å². The fraction of sp³-hybridized carbons (Fsp3) is 0.333. The number of nitrogens with zero attached hydrogens (tertiary/aromatic N) is 6. The smallest absolute Gasteiger partial charge is 0.342 e. The second-order valence-corrected chi connectivity index (χ2v) is 7.91. The normalized spacial score (nSPS) is 16.5. The monoisotopic (exact) mass is 520 g/mol. The molecule has 3 heterocycles. The zero-order chi connectivity index (χ0) is 26.4. The van der Waals surface area contributed by atoms with E-state index in [9.17, 15) is 39.9 Å². The molecule has 1 aliphatic rings. The number of rotatable bonds is 5. The van der Waals surface area contributed by atoms with E-state index in [0.29, 0.717) is 11.0 Å². The molecule has 1 amide bonds. The number of hydrogen-bond acceptors (Lipinski definition) is 5. The number of imidazole rings is 1. The van der Waals surface area contributed by atoms with Crippen molar-refractivity contribution in [1.82, 2.24) is 19.5 Å². The average molecular weight is 520 g/mol. The lowest BCUT2D eigenvalue weighted by Crippen LogP contribution is -2.55. The zero-order valence-electron chi connectivity index (χ0n) is 18.3. The van der Waals surface area contributed by atoms with Crippen LogP contribution in [0.3, 0.4) is 0 Å². The second kappa shape index (κ2) is 9.02. The molecule has 1 atom stereocenters. The number of fused-ring (bicyclic) bond motifs is 1. The van der Waals surface area contributed by atoms with Gasteiger partial charge in [0, 0.05) is 32.1 Å². The van der Waals surface area contributed by atoms with E-state index in [1.165, 1.54) is 12.4 Å². The molecule has 0 fully saturated rings. The van der Waals surface area contributed by atoms with E-state index in [1.807, 2.05) is 0 Å². The summed E-state index contributed by atoms with van der Waals surface area (Å²) in [6, 6.07) is 0.697. The molecule has 192 valence electrons. The van der Waals surface area contributed by atoms with Crippen LogP contribution in [0, 0.1) is 11.6 Å². The summed E-state index contributed by atoms with van der Waals surface area (Å²) in [6.07, 6.45) is -9.22. The van der Waals surface area contributed by atoms with Gasteiger partial charge in [0.2, 0.25) is 11.9 Å². The Morgan fingerprint density at radius 3 is 2.39 bits per heavy atom. The van der Waals surface area contributed by atoms with Gasteiger partial charge in [0.1, 0.15) is 29.2 Å². The van der Waals surface area contributed by atoms with Gasteiger partial charge in [0.15, 0.2) is 5.82 Å². The maximum absolute atomic E-state index is 14.4. The Morgan fingerprint density at radius 1 is 1.03 bits per heavy atom. The third-order valence-electron chi connectivity index (χ3n) is 5.45. The van der Waals surface area contributed by atoms with E-state index < -0.39 is 55.3 Å². The fourth-order valence-corrected chi connectivity index (χ4v) is 3.81. The van der Waals surface area contributed by atoms with Crippen LogP contribution in [0.4, 0.5) is 46.6 Å². The van der Waals surface area contributed by atoms with Crippen LogP contribution in [-0.4, -0.2) is 57.4 Å². The van der Waals surface area contributed by atoms with Gasteiger partial charge in [0.05, 0.1) is 24.6 Å². The van der Waals surface area contributed by atoms with Crippen LogP contribution < -0.4 is 9.80 Å². The lowest BCUT2D eigenvalue weighted by atomic mass is 10.1. The van der Waals surface area contributed by atoms with E-state index in [0.717, 1.165) is 34.8 Å². The van der Waals surface area contributed by atoms with E-state index in [4.69, 9.17) is 0 Å². The van der Waals surface area contributed by atoms with Crippen molar-refractivity contribution in [3.8, 4) is 17.3 Å². The molecule has 0 saturated carbocycles. The van der Waals surface area contributed by atoms with E-state index in [-0.39, 0.29) is 28.8 Å². The lowest BCUT2D eigenvalue weighted by Gasteiger charge is -2.41. The summed E-state index contributed by atoms with van der Waals surface area (Å²) in [6.45, 7) is -0.976. The van der Waals surface area contributed by atoms with Crippen LogP contribution in [0.1, 0.15) is 12.8 Å². The van der Waals surface area contributed by atoms with Crippen LogP contribution in [0.2, 0.25) is 0 Å². The number of aromatic nitrogens is 4. The van der Waals surface area contributed by atoms with Gasteiger partial charge in [-0.2, -0.15) is 31.3 Å². The summed E-state index contributed by atoms with van der Waals surface area (Å²) in [5.74, 6) is -3.60. The molecule has 0 radical (unpaired) electrons. The standard InChI is InChI=1S/C21H16F8N6O/c1-33-15-10-31-19(35-7-5-30-16(35)12-3-2-11(22)8-13(12)23)32-17(15)34(6-4-20(24,25)26)14(18(33)36)9-21(27,28)29/h2-3,5,7-8,10,14H,4,6,9H2,1H3/t14-/m1/s1. The van der Waals surface area contributed by atoms with E-state index in [2.05, 4.69) is 15.0 Å². The topological polar surface area (TPSA) is 67.2 Å². The number of hydrogen-bond donors (Lipinski definition) is 0. The van der Waals surface area contributed by atoms with Gasteiger partial charge in [-0.15, -0.1) is 0 Å². The molecule has 36 heavy (non-hydrogen) atoms. The van der Waals surface area contributed by atoms with Gasteiger partial charge >= 0.3 is 12.4 Å². The molecule has 0 N–H and O–H groups in total. The number of alkyl halides is 6. The molecule has 0 spiro atoms. The van der Waals surface area contributed by atoms with Crippen molar-refractivity contribution in [3.63, 3.8) is 0 Å². The first kappa shape index (κ1) is 25.3. The molecule has 0 aliphatic carbocycles. The molecule has 0 bridgehead atoms. The number of amides is 1.